The Morgan fingerprint density at radius 3 is 2.76 bits per heavy atom. The molecule has 34 heavy (non-hydrogen) atoms. The van der Waals surface area contributed by atoms with E-state index < -0.39 is 17.4 Å². The van der Waals surface area contributed by atoms with Crippen molar-refractivity contribution in [1.29, 1.82) is 0 Å². The van der Waals surface area contributed by atoms with Crippen LogP contribution in [0.3, 0.4) is 0 Å². The first-order chi connectivity index (χ1) is 16.4. The topological polar surface area (TPSA) is 101 Å². The average molecular weight is 498 g/mol. The van der Waals surface area contributed by atoms with Crippen molar-refractivity contribution in [3.8, 4) is 5.69 Å². The van der Waals surface area contributed by atoms with Gasteiger partial charge in [-0.3, -0.25) is 9.36 Å². The number of imidazole rings is 1. The first-order valence-electron chi connectivity index (χ1n) is 10.5. The lowest BCUT2D eigenvalue weighted by Gasteiger charge is -2.22. The lowest BCUT2D eigenvalue weighted by molar-refractivity contribution is 0.628. The minimum absolute atomic E-state index is 0.00380. The van der Waals surface area contributed by atoms with Crippen LogP contribution in [0.4, 0.5) is 10.2 Å². The summed E-state index contributed by atoms with van der Waals surface area (Å²) in [6.45, 7) is 3.82. The SMILES string of the molecule is CCC(Nc1ncnc2nc[nH]c12)c1nc2ccc(F)c(Cl)c2c(=O)n1-c1cc(C)cc(Cl)c1. The highest BCUT2D eigenvalue weighted by molar-refractivity contribution is 6.35. The third-order valence-corrected chi connectivity index (χ3v) is 6.08. The summed E-state index contributed by atoms with van der Waals surface area (Å²) in [5, 5.41) is 3.52. The highest BCUT2D eigenvalue weighted by Crippen LogP contribution is 2.29. The number of fused-ring (bicyclic) bond motifs is 2. The Labute approximate surface area is 202 Å². The first kappa shape index (κ1) is 22.2. The first-order valence-corrected chi connectivity index (χ1v) is 11.2. The molecule has 1 unspecified atom stereocenters. The maximum atomic E-state index is 14.3. The number of nitrogens with one attached hydrogen (secondary N) is 2. The van der Waals surface area contributed by atoms with Crippen molar-refractivity contribution in [2.24, 2.45) is 0 Å². The van der Waals surface area contributed by atoms with Crippen LogP contribution in [0.25, 0.3) is 27.8 Å². The van der Waals surface area contributed by atoms with Crippen molar-refractivity contribution in [2.75, 3.05) is 5.32 Å². The molecule has 172 valence electrons. The second-order valence-electron chi connectivity index (χ2n) is 7.78. The van der Waals surface area contributed by atoms with Gasteiger partial charge in [0, 0.05) is 5.02 Å². The molecule has 1 atom stereocenters. The van der Waals surface area contributed by atoms with Gasteiger partial charge in [0.15, 0.2) is 11.5 Å². The molecule has 3 aromatic heterocycles. The van der Waals surface area contributed by atoms with Gasteiger partial charge in [-0.25, -0.2) is 24.3 Å². The number of hydrogen-bond acceptors (Lipinski definition) is 6. The number of aromatic nitrogens is 6. The van der Waals surface area contributed by atoms with E-state index in [1.165, 1.54) is 29.4 Å². The fraction of sp³-hybridized carbons (Fsp3) is 0.174. The van der Waals surface area contributed by atoms with E-state index in [9.17, 15) is 9.18 Å². The van der Waals surface area contributed by atoms with Crippen molar-refractivity contribution < 1.29 is 4.39 Å². The minimum atomic E-state index is -0.692. The molecule has 11 heteroatoms. The van der Waals surface area contributed by atoms with E-state index >= 15 is 0 Å². The van der Waals surface area contributed by atoms with Gasteiger partial charge in [0.25, 0.3) is 5.56 Å². The maximum Gasteiger partial charge on any atom is 0.267 e. The van der Waals surface area contributed by atoms with Crippen LogP contribution in [-0.2, 0) is 0 Å². The molecule has 2 N–H and O–H groups in total. The Morgan fingerprint density at radius 2 is 2.00 bits per heavy atom. The van der Waals surface area contributed by atoms with Gasteiger partial charge < -0.3 is 10.3 Å². The van der Waals surface area contributed by atoms with Crippen LogP contribution in [0.15, 0.2) is 47.8 Å². The number of H-pyrrole nitrogens is 1. The minimum Gasteiger partial charge on any atom is -0.358 e. The van der Waals surface area contributed by atoms with Crippen LogP contribution in [-0.4, -0.2) is 29.5 Å². The van der Waals surface area contributed by atoms with Crippen molar-refractivity contribution in [3.63, 3.8) is 0 Å². The molecule has 0 saturated carbocycles. The molecule has 0 saturated heterocycles. The van der Waals surface area contributed by atoms with Crippen molar-refractivity contribution in [1.82, 2.24) is 29.5 Å². The van der Waals surface area contributed by atoms with Gasteiger partial charge in [0.1, 0.15) is 23.5 Å². The molecule has 2 aromatic carbocycles. The Kier molecular flexibility index (Phi) is 5.66. The van der Waals surface area contributed by atoms with E-state index in [0.29, 0.717) is 39.9 Å². The van der Waals surface area contributed by atoms with E-state index in [2.05, 4.69) is 25.3 Å². The molecule has 0 bridgehead atoms. The number of aromatic amines is 1. The summed E-state index contributed by atoms with van der Waals surface area (Å²) in [6.07, 6.45) is 3.48. The van der Waals surface area contributed by atoms with Crippen molar-refractivity contribution >= 4 is 51.1 Å². The highest BCUT2D eigenvalue weighted by Gasteiger charge is 2.24. The summed E-state index contributed by atoms with van der Waals surface area (Å²) < 4.78 is 15.7. The molecule has 8 nitrogen and oxygen atoms in total. The third-order valence-electron chi connectivity index (χ3n) is 5.49. The van der Waals surface area contributed by atoms with E-state index in [-0.39, 0.29) is 15.9 Å². The number of rotatable bonds is 5. The Bertz CT molecular complexity index is 1590. The summed E-state index contributed by atoms with van der Waals surface area (Å²) in [4.78, 5) is 34.1. The predicted molar refractivity (Wildman–Crippen MR) is 130 cm³/mol. The van der Waals surface area contributed by atoms with E-state index in [0.717, 1.165) is 5.56 Å². The molecule has 0 aliphatic heterocycles. The molecule has 5 rings (SSSR count). The number of aryl methyl sites for hydroxylation is 1. The van der Waals surface area contributed by atoms with E-state index in [4.69, 9.17) is 28.2 Å². The molecular formula is C23H18Cl2FN7O. The number of hydrogen-bond donors (Lipinski definition) is 2. The van der Waals surface area contributed by atoms with Crippen LogP contribution >= 0.6 is 23.2 Å². The standard InChI is InChI=1S/C23H18Cl2FN7O/c1-3-15(31-21-19-20(28-9-27-19)29-10-30-21)22-32-16-5-4-14(26)18(25)17(16)23(34)33(22)13-7-11(2)6-12(24)8-13/h4-10,15H,3H2,1-2H3,(H2,27,28,29,30,31). The highest BCUT2D eigenvalue weighted by atomic mass is 35.5. The summed E-state index contributed by atoms with van der Waals surface area (Å²) in [7, 11) is 0. The van der Waals surface area contributed by atoms with E-state index in [1.54, 1.807) is 12.1 Å². The number of nitrogens with zero attached hydrogens (tertiary/aromatic N) is 5. The molecule has 0 aliphatic carbocycles. The summed E-state index contributed by atoms with van der Waals surface area (Å²) >= 11 is 12.5. The fourth-order valence-electron chi connectivity index (χ4n) is 3.94. The maximum absolute atomic E-state index is 14.3. The zero-order chi connectivity index (χ0) is 24.0. The summed E-state index contributed by atoms with van der Waals surface area (Å²) in [6, 6.07) is 7.43. The smallest absolute Gasteiger partial charge is 0.267 e. The van der Waals surface area contributed by atoms with Crippen LogP contribution in [0.1, 0.15) is 30.8 Å². The van der Waals surface area contributed by atoms with Crippen LogP contribution in [0.2, 0.25) is 10.0 Å². The second-order valence-corrected chi connectivity index (χ2v) is 8.60. The van der Waals surface area contributed by atoms with Crippen LogP contribution in [0, 0.1) is 12.7 Å². The number of anilines is 1. The second kappa shape index (κ2) is 8.66. The van der Waals surface area contributed by atoms with Gasteiger partial charge >= 0.3 is 0 Å². The van der Waals surface area contributed by atoms with Gasteiger partial charge in [0.2, 0.25) is 0 Å². The quantitative estimate of drug-likeness (QED) is 0.338. The fourth-order valence-corrected chi connectivity index (χ4v) is 4.47. The van der Waals surface area contributed by atoms with Gasteiger partial charge in [-0.2, -0.15) is 0 Å². The lowest BCUT2D eigenvalue weighted by Crippen LogP contribution is -2.28. The summed E-state index contributed by atoms with van der Waals surface area (Å²) in [5.41, 5.74) is 2.26. The lowest BCUT2D eigenvalue weighted by atomic mass is 10.1. The molecule has 5 aromatic rings. The predicted octanol–water partition coefficient (Wildman–Crippen LogP) is 5.37. The van der Waals surface area contributed by atoms with Gasteiger partial charge in [-0.1, -0.05) is 30.1 Å². The van der Waals surface area contributed by atoms with E-state index in [1.807, 2.05) is 19.9 Å². The molecule has 0 spiro atoms. The van der Waals surface area contributed by atoms with Crippen molar-refractivity contribution in [3.05, 3.63) is 80.6 Å². The third kappa shape index (κ3) is 3.76. The van der Waals surface area contributed by atoms with Gasteiger partial charge in [0.05, 0.1) is 34.0 Å². The van der Waals surface area contributed by atoms with Gasteiger partial charge in [-0.05, 0) is 49.2 Å². The Hall–Kier alpha value is -3.56. The molecular weight excluding hydrogens is 480 g/mol. The molecule has 0 aliphatic rings. The zero-order valence-electron chi connectivity index (χ0n) is 18.1. The summed E-state index contributed by atoms with van der Waals surface area (Å²) in [5.74, 6) is 0.215. The largest absolute Gasteiger partial charge is 0.358 e. The van der Waals surface area contributed by atoms with Crippen LogP contribution in [0.5, 0.6) is 0 Å². The van der Waals surface area contributed by atoms with Gasteiger partial charge in [-0.15, -0.1) is 0 Å². The normalized spacial score (nSPS) is 12.4. The molecule has 0 fully saturated rings. The molecule has 0 amide bonds. The van der Waals surface area contributed by atoms with Crippen molar-refractivity contribution in [2.45, 2.75) is 26.3 Å². The number of benzene rings is 2. The monoisotopic (exact) mass is 497 g/mol. The molecule has 0 radical (unpaired) electrons. The molecule has 3 heterocycles. The average Bonchev–Trinajstić information content (AvgIpc) is 3.28. The van der Waals surface area contributed by atoms with Crippen LogP contribution < -0.4 is 10.9 Å². The number of halogens is 3. The zero-order valence-corrected chi connectivity index (χ0v) is 19.6. The Balaban J connectivity index is 1.78. The Morgan fingerprint density at radius 1 is 1.18 bits per heavy atom.